The first kappa shape index (κ1) is 26.9. The molecule has 0 fully saturated rings. The molecule has 2 aliphatic rings. The lowest BCUT2D eigenvalue weighted by atomic mass is 9.83. The number of cyclic esters (lactones) is 1. The average molecular weight is 522 g/mol. The lowest BCUT2D eigenvalue weighted by Crippen LogP contribution is -2.23. The van der Waals surface area contributed by atoms with Gasteiger partial charge in [-0.2, -0.15) is 0 Å². The number of hydrogen-bond donors (Lipinski definition) is 2. The predicted molar refractivity (Wildman–Crippen MR) is 138 cm³/mol. The summed E-state index contributed by atoms with van der Waals surface area (Å²) in [5.74, 6) is -1.88. The van der Waals surface area contributed by atoms with Gasteiger partial charge in [-0.1, -0.05) is 24.3 Å². The van der Waals surface area contributed by atoms with Crippen LogP contribution < -0.4 is 15.2 Å². The SMILES string of the molecule is CC1CCCC(=O)CCCC=Cc2cc3c(c(O)c2C(=O)O1)C(c1ccc(OCC(N)=O)cc1)CC(=O)O3. The topological polar surface area (TPSA) is 142 Å². The Morgan fingerprint density at radius 2 is 1.87 bits per heavy atom. The first-order chi connectivity index (χ1) is 18.2. The van der Waals surface area contributed by atoms with Gasteiger partial charge in [-0.05, 0) is 61.9 Å². The normalized spacial score (nSPS) is 20.4. The fourth-order valence-electron chi connectivity index (χ4n) is 4.75. The van der Waals surface area contributed by atoms with Crippen LogP contribution in [0.3, 0.4) is 0 Å². The summed E-state index contributed by atoms with van der Waals surface area (Å²) in [5, 5.41) is 11.4. The van der Waals surface area contributed by atoms with Gasteiger partial charge in [0.1, 0.15) is 28.6 Å². The van der Waals surface area contributed by atoms with Crippen molar-refractivity contribution in [3.63, 3.8) is 0 Å². The number of aromatic hydroxyl groups is 1. The minimum atomic E-state index is -0.688. The van der Waals surface area contributed by atoms with E-state index in [1.165, 1.54) is 0 Å². The Morgan fingerprint density at radius 1 is 1.13 bits per heavy atom. The van der Waals surface area contributed by atoms with E-state index in [9.17, 15) is 24.3 Å². The van der Waals surface area contributed by atoms with Crippen molar-refractivity contribution < 1.29 is 38.5 Å². The number of ether oxygens (including phenoxy) is 3. The number of carbonyl (C=O) groups is 4. The fourth-order valence-corrected chi connectivity index (χ4v) is 4.75. The molecule has 2 aliphatic heterocycles. The lowest BCUT2D eigenvalue weighted by molar-refractivity contribution is -0.135. The van der Waals surface area contributed by atoms with Crippen molar-refractivity contribution >= 4 is 29.7 Å². The number of primary amides is 1. The van der Waals surface area contributed by atoms with E-state index in [1.54, 1.807) is 43.3 Å². The molecule has 2 unspecified atom stereocenters. The van der Waals surface area contributed by atoms with E-state index in [-0.39, 0.29) is 35.9 Å². The van der Waals surface area contributed by atoms with Crippen molar-refractivity contribution in [1.82, 2.24) is 0 Å². The van der Waals surface area contributed by atoms with Crippen molar-refractivity contribution in [2.24, 2.45) is 5.73 Å². The molecule has 2 heterocycles. The second-order valence-corrected chi connectivity index (χ2v) is 9.60. The van der Waals surface area contributed by atoms with Gasteiger partial charge in [-0.25, -0.2) is 4.79 Å². The van der Waals surface area contributed by atoms with E-state index in [0.29, 0.717) is 61.0 Å². The van der Waals surface area contributed by atoms with Gasteiger partial charge in [0, 0.05) is 24.3 Å². The molecule has 0 aliphatic carbocycles. The van der Waals surface area contributed by atoms with E-state index < -0.39 is 29.9 Å². The van der Waals surface area contributed by atoms with Crippen LogP contribution >= 0.6 is 0 Å². The number of rotatable bonds is 4. The molecule has 0 saturated carbocycles. The maximum absolute atomic E-state index is 13.3. The van der Waals surface area contributed by atoms with E-state index in [4.69, 9.17) is 19.9 Å². The number of hydrogen-bond acceptors (Lipinski definition) is 8. The number of carbonyl (C=O) groups excluding carboxylic acids is 4. The van der Waals surface area contributed by atoms with E-state index in [1.807, 2.05) is 6.08 Å². The summed E-state index contributed by atoms with van der Waals surface area (Å²) < 4.78 is 16.4. The Labute approximate surface area is 220 Å². The predicted octanol–water partition coefficient (Wildman–Crippen LogP) is 4.18. The Morgan fingerprint density at radius 3 is 2.61 bits per heavy atom. The number of benzene rings is 2. The molecule has 0 radical (unpaired) electrons. The van der Waals surface area contributed by atoms with Gasteiger partial charge in [0.15, 0.2) is 6.61 Å². The third-order valence-corrected chi connectivity index (χ3v) is 6.64. The number of ketones is 1. The van der Waals surface area contributed by atoms with Crippen LogP contribution in [0.1, 0.15) is 84.8 Å². The molecule has 2 atom stereocenters. The van der Waals surface area contributed by atoms with Crippen LogP contribution in [0.2, 0.25) is 0 Å². The smallest absolute Gasteiger partial charge is 0.342 e. The molecule has 2 aromatic rings. The van der Waals surface area contributed by atoms with Crippen LogP contribution in [0.15, 0.2) is 36.4 Å². The molecular weight excluding hydrogens is 490 g/mol. The Hall–Kier alpha value is -4.14. The Kier molecular flexibility index (Phi) is 8.45. The van der Waals surface area contributed by atoms with Gasteiger partial charge in [0.05, 0.1) is 12.5 Å². The molecule has 0 spiro atoms. The van der Waals surface area contributed by atoms with Gasteiger partial charge in [-0.15, -0.1) is 0 Å². The van der Waals surface area contributed by atoms with E-state index in [0.717, 1.165) is 0 Å². The minimum Gasteiger partial charge on any atom is -0.507 e. The molecule has 3 N–H and O–H groups in total. The summed E-state index contributed by atoms with van der Waals surface area (Å²) in [6.07, 6.45) is 6.36. The first-order valence-corrected chi connectivity index (χ1v) is 12.7. The number of amides is 1. The van der Waals surface area contributed by atoms with Crippen molar-refractivity contribution in [2.75, 3.05) is 6.61 Å². The molecule has 9 heteroatoms. The zero-order valence-corrected chi connectivity index (χ0v) is 21.2. The van der Waals surface area contributed by atoms with Gasteiger partial charge in [0.2, 0.25) is 0 Å². The van der Waals surface area contributed by atoms with Crippen LogP contribution in [0.5, 0.6) is 17.2 Å². The monoisotopic (exact) mass is 521 g/mol. The number of nitrogens with two attached hydrogens (primary N) is 1. The van der Waals surface area contributed by atoms with Crippen LogP contribution in [0.25, 0.3) is 6.08 Å². The van der Waals surface area contributed by atoms with Crippen molar-refractivity contribution in [1.29, 1.82) is 0 Å². The molecule has 0 saturated heterocycles. The average Bonchev–Trinajstić information content (AvgIpc) is 2.86. The van der Waals surface area contributed by atoms with Gasteiger partial charge < -0.3 is 25.1 Å². The number of esters is 2. The number of fused-ring (bicyclic) bond motifs is 2. The maximum Gasteiger partial charge on any atom is 0.342 e. The highest BCUT2D eigenvalue weighted by Gasteiger charge is 2.35. The quantitative estimate of drug-likeness (QED) is 0.451. The molecule has 38 heavy (non-hydrogen) atoms. The summed E-state index contributed by atoms with van der Waals surface area (Å²) in [6.45, 7) is 1.49. The first-order valence-electron chi connectivity index (χ1n) is 12.7. The Bertz CT molecular complexity index is 1260. The van der Waals surface area contributed by atoms with E-state index >= 15 is 0 Å². The third kappa shape index (κ3) is 6.40. The van der Waals surface area contributed by atoms with Gasteiger partial charge in [0.25, 0.3) is 5.91 Å². The van der Waals surface area contributed by atoms with Crippen molar-refractivity contribution in [2.45, 2.75) is 63.9 Å². The van der Waals surface area contributed by atoms with Crippen LogP contribution in [0, 0.1) is 0 Å². The highest BCUT2D eigenvalue weighted by Crippen LogP contribution is 2.47. The summed E-state index contributed by atoms with van der Waals surface area (Å²) in [6, 6.07) is 8.28. The maximum atomic E-state index is 13.3. The van der Waals surface area contributed by atoms with Crippen molar-refractivity contribution in [3.05, 3.63) is 58.7 Å². The molecule has 4 rings (SSSR count). The Balaban J connectivity index is 1.74. The summed E-state index contributed by atoms with van der Waals surface area (Å²) in [4.78, 5) is 48.9. The summed E-state index contributed by atoms with van der Waals surface area (Å²) in [5.41, 5.74) is 6.50. The lowest BCUT2D eigenvalue weighted by Gasteiger charge is -2.28. The van der Waals surface area contributed by atoms with Crippen LogP contribution in [0.4, 0.5) is 0 Å². The summed E-state index contributed by atoms with van der Waals surface area (Å²) in [7, 11) is 0. The zero-order chi connectivity index (χ0) is 27.2. The minimum absolute atomic E-state index is 0.00402. The van der Waals surface area contributed by atoms with E-state index in [2.05, 4.69) is 0 Å². The zero-order valence-electron chi connectivity index (χ0n) is 21.2. The number of Topliss-reactive ketones (excluding diaryl/α,β-unsaturated/α-hetero) is 1. The van der Waals surface area contributed by atoms with Crippen molar-refractivity contribution in [3.8, 4) is 17.2 Å². The second-order valence-electron chi connectivity index (χ2n) is 9.60. The number of phenolic OH excluding ortho intramolecular Hbond substituents is 1. The summed E-state index contributed by atoms with van der Waals surface area (Å²) >= 11 is 0. The third-order valence-electron chi connectivity index (χ3n) is 6.64. The molecule has 9 nitrogen and oxygen atoms in total. The molecule has 0 bridgehead atoms. The molecular formula is C29H31NO8. The molecule has 0 aromatic heterocycles. The van der Waals surface area contributed by atoms with Gasteiger partial charge in [-0.3, -0.25) is 14.4 Å². The fraction of sp³-hybridized carbons (Fsp3) is 0.379. The highest BCUT2D eigenvalue weighted by atomic mass is 16.5. The highest BCUT2D eigenvalue weighted by molar-refractivity contribution is 5.98. The largest absolute Gasteiger partial charge is 0.507 e. The number of allylic oxidation sites excluding steroid dienone is 1. The standard InChI is InChI=1S/C29H31NO8/c1-17-6-5-9-20(31)8-4-2-3-7-19-14-23-27(28(34)26(19)29(35)37-17)22(15-25(33)38-23)18-10-12-21(13-11-18)36-16-24(30)32/h3,7,10-14,17,22,34H,2,4-6,8-9,15-16H2,1H3,(H2,30,32). The van der Waals surface area contributed by atoms with Crippen LogP contribution in [-0.2, 0) is 19.1 Å². The molecule has 2 aromatic carbocycles. The van der Waals surface area contributed by atoms with Crippen LogP contribution in [-0.4, -0.2) is 41.4 Å². The number of phenols is 1. The van der Waals surface area contributed by atoms with Gasteiger partial charge >= 0.3 is 11.9 Å². The molecule has 1 amide bonds. The molecule has 200 valence electrons. The second kappa shape index (κ2) is 11.9.